The molecular weight excluding hydrogens is 309 g/mol. The lowest BCUT2D eigenvalue weighted by molar-refractivity contribution is 0.101. The van der Waals surface area contributed by atoms with Gasteiger partial charge in [0.25, 0.3) is 5.91 Å². The SMILES string of the molecule is Cc1cc(Cl)nc(Cl)c1NC(=O)c1cc(Cl)cn1C. The quantitative estimate of drug-likeness (QED) is 0.853. The number of nitrogens with zero attached hydrogens (tertiary/aromatic N) is 2. The summed E-state index contributed by atoms with van der Waals surface area (Å²) in [5.41, 5.74) is 1.60. The number of amides is 1. The third kappa shape index (κ3) is 3.03. The van der Waals surface area contributed by atoms with Gasteiger partial charge in [-0.15, -0.1) is 0 Å². The average Bonchev–Trinajstić information content (AvgIpc) is 2.62. The predicted octanol–water partition coefficient (Wildman–Crippen LogP) is 3.94. The van der Waals surface area contributed by atoms with E-state index < -0.39 is 0 Å². The number of carbonyl (C=O) groups is 1. The van der Waals surface area contributed by atoms with Gasteiger partial charge in [0.2, 0.25) is 0 Å². The molecule has 19 heavy (non-hydrogen) atoms. The van der Waals surface area contributed by atoms with Crippen LogP contribution in [0.5, 0.6) is 0 Å². The zero-order chi connectivity index (χ0) is 14.2. The topological polar surface area (TPSA) is 46.9 Å². The lowest BCUT2D eigenvalue weighted by atomic mass is 10.2. The number of rotatable bonds is 2. The molecule has 0 saturated heterocycles. The number of hydrogen-bond donors (Lipinski definition) is 1. The van der Waals surface area contributed by atoms with E-state index >= 15 is 0 Å². The smallest absolute Gasteiger partial charge is 0.272 e. The highest BCUT2D eigenvalue weighted by Crippen LogP contribution is 2.27. The van der Waals surface area contributed by atoms with Crippen LogP contribution in [0.25, 0.3) is 0 Å². The molecule has 1 N–H and O–H groups in total. The molecule has 0 aliphatic rings. The van der Waals surface area contributed by atoms with Gasteiger partial charge in [0.15, 0.2) is 5.15 Å². The Hall–Kier alpha value is -1.23. The van der Waals surface area contributed by atoms with Crippen molar-refractivity contribution in [1.82, 2.24) is 9.55 Å². The lowest BCUT2D eigenvalue weighted by Crippen LogP contribution is -2.16. The Bertz CT molecular complexity index is 629. The highest BCUT2D eigenvalue weighted by Gasteiger charge is 2.15. The molecule has 2 heterocycles. The Labute approximate surface area is 125 Å². The predicted molar refractivity (Wildman–Crippen MR) is 77.4 cm³/mol. The molecule has 100 valence electrons. The first-order valence-corrected chi connectivity index (χ1v) is 6.47. The van der Waals surface area contributed by atoms with Crippen molar-refractivity contribution in [1.29, 1.82) is 0 Å². The van der Waals surface area contributed by atoms with Gasteiger partial charge in [-0.3, -0.25) is 4.79 Å². The number of aryl methyl sites for hydroxylation is 2. The minimum Gasteiger partial charge on any atom is -0.345 e. The van der Waals surface area contributed by atoms with Crippen LogP contribution >= 0.6 is 34.8 Å². The van der Waals surface area contributed by atoms with Crippen molar-refractivity contribution in [3.63, 3.8) is 0 Å². The first kappa shape index (κ1) is 14.2. The van der Waals surface area contributed by atoms with Gasteiger partial charge < -0.3 is 9.88 Å². The molecule has 2 aromatic rings. The first-order chi connectivity index (χ1) is 8.88. The van der Waals surface area contributed by atoms with Crippen molar-refractivity contribution in [2.24, 2.45) is 7.05 Å². The molecule has 0 spiro atoms. The third-order valence-corrected chi connectivity index (χ3v) is 3.26. The molecular formula is C12H10Cl3N3O. The van der Waals surface area contributed by atoms with Crippen molar-refractivity contribution in [3.8, 4) is 0 Å². The van der Waals surface area contributed by atoms with Gasteiger partial charge in [-0.25, -0.2) is 4.98 Å². The van der Waals surface area contributed by atoms with Crippen LogP contribution in [0.2, 0.25) is 15.3 Å². The fourth-order valence-electron chi connectivity index (χ4n) is 1.67. The van der Waals surface area contributed by atoms with Crippen LogP contribution in [0.1, 0.15) is 16.1 Å². The Morgan fingerprint density at radius 2 is 2.00 bits per heavy atom. The van der Waals surface area contributed by atoms with Crippen LogP contribution < -0.4 is 5.32 Å². The molecule has 1 amide bonds. The van der Waals surface area contributed by atoms with Crippen molar-refractivity contribution in [3.05, 3.63) is 44.9 Å². The van der Waals surface area contributed by atoms with Gasteiger partial charge in [0.1, 0.15) is 10.8 Å². The lowest BCUT2D eigenvalue weighted by Gasteiger charge is -2.10. The largest absolute Gasteiger partial charge is 0.345 e. The molecule has 0 radical (unpaired) electrons. The summed E-state index contributed by atoms with van der Waals surface area (Å²) in [6, 6.07) is 3.20. The number of carbonyl (C=O) groups excluding carboxylic acids is 1. The molecule has 0 bridgehead atoms. The summed E-state index contributed by atoms with van der Waals surface area (Å²) >= 11 is 17.6. The molecule has 0 aliphatic heterocycles. The molecule has 0 atom stereocenters. The summed E-state index contributed by atoms with van der Waals surface area (Å²) < 4.78 is 1.63. The maximum atomic E-state index is 12.1. The summed E-state index contributed by atoms with van der Waals surface area (Å²) in [5, 5.41) is 3.63. The number of halogens is 3. The van der Waals surface area contributed by atoms with E-state index in [0.717, 1.165) is 5.56 Å². The highest BCUT2D eigenvalue weighted by molar-refractivity contribution is 6.35. The zero-order valence-corrected chi connectivity index (χ0v) is 12.4. The van der Waals surface area contributed by atoms with Crippen LogP contribution in [-0.2, 0) is 7.05 Å². The summed E-state index contributed by atoms with van der Waals surface area (Å²) in [5.74, 6) is -0.316. The molecule has 2 rings (SSSR count). The monoisotopic (exact) mass is 317 g/mol. The van der Waals surface area contributed by atoms with Crippen molar-refractivity contribution < 1.29 is 4.79 Å². The van der Waals surface area contributed by atoms with Crippen LogP contribution in [-0.4, -0.2) is 15.5 Å². The maximum Gasteiger partial charge on any atom is 0.272 e. The van der Waals surface area contributed by atoms with Gasteiger partial charge in [0, 0.05) is 13.2 Å². The van der Waals surface area contributed by atoms with Gasteiger partial charge in [-0.1, -0.05) is 34.8 Å². The van der Waals surface area contributed by atoms with Crippen LogP contribution in [0.4, 0.5) is 5.69 Å². The van der Waals surface area contributed by atoms with Gasteiger partial charge in [-0.2, -0.15) is 0 Å². The van der Waals surface area contributed by atoms with E-state index in [1.807, 2.05) is 0 Å². The Kier molecular flexibility index (Phi) is 4.04. The molecule has 4 nitrogen and oxygen atoms in total. The van der Waals surface area contributed by atoms with Gasteiger partial charge in [-0.05, 0) is 24.6 Å². The van der Waals surface area contributed by atoms with E-state index in [-0.39, 0.29) is 16.2 Å². The van der Waals surface area contributed by atoms with Crippen LogP contribution in [0.3, 0.4) is 0 Å². The van der Waals surface area contributed by atoms with E-state index in [0.29, 0.717) is 16.4 Å². The van der Waals surface area contributed by atoms with E-state index in [2.05, 4.69) is 10.3 Å². The molecule has 0 fully saturated rings. The summed E-state index contributed by atoms with van der Waals surface area (Å²) in [6.45, 7) is 1.78. The van der Waals surface area contributed by atoms with E-state index in [1.165, 1.54) is 0 Å². The molecule has 7 heteroatoms. The van der Waals surface area contributed by atoms with E-state index in [1.54, 1.807) is 36.9 Å². The summed E-state index contributed by atoms with van der Waals surface area (Å²) in [7, 11) is 1.73. The molecule has 0 aliphatic carbocycles. The Morgan fingerprint density at radius 3 is 2.53 bits per heavy atom. The van der Waals surface area contributed by atoms with Gasteiger partial charge >= 0.3 is 0 Å². The fraction of sp³-hybridized carbons (Fsp3) is 0.167. The minimum absolute atomic E-state index is 0.152. The molecule has 0 aromatic carbocycles. The Balaban J connectivity index is 2.32. The van der Waals surface area contributed by atoms with Crippen LogP contribution in [0.15, 0.2) is 18.3 Å². The molecule has 2 aromatic heterocycles. The summed E-state index contributed by atoms with van der Waals surface area (Å²) in [6.07, 6.45) is 1.64. The van der Waals surface area contributed by atoms with E-state index in [4.69, 9.17) is 34.8 Å². The first-order valence-electron chi connectivity index (χ1n) is 5.34. The van der Waals surface area contributed by atoms with Crippen molar-refractivity contribution in [2.45, 2.75) is 6.92 Å². The second-order valence-electron chi connectivity index (χ2n) is 4.04. The molecule has 0 saturated carbocycles. The number of nitrogens with one attached hydrogen (secondary N) is 1. The second kappa shape index (κ2) is 5.41. The highest BCUT2D eigenvalue weighted by atomic mass is 35.5. The normalized spacial score (nSPS) is 10.6. The van der Waals surface area contributed by atoms with E-state index in [9.17, 15) is 4.79 Å². The Morgan fingerprint density at radius 1 is 1.32 bits per heavy atom. The second-order valence-corrected chi connectivity index (χ2v) is 5.22. The van der Waals surface area contributed by atoms with Crippen molar-refractivity contribution in [2.75, 3.05) is 5.32 Å². The number of aromatic nitrogens is 2. The average molecular weight is 319 g/mol. The van der Waals surface area contributed by atoms with Crippen molar-refractivity contribution >= 4 is 46.4 Å². The third-order valence-electron chi connectivity index (χ3n) is 2.58. The van der Waals surface area contributed by atoms with Crippen LogP contribution in [0, 0.1) is 6.92 Å². The minimum atomic E-state index is -0.316. The summed E-state index contributed by atoms with van der Waals surface area (Å²) in [4.78, 5) is 16.0. The zero-order valence-electron chi connectivity index (χ0n) is 10.2. The van der Waals surface area contributed by atoms with Gasteiger partial charge in [0.05, 0.1) is 10.7 Å². The number of hydrogen-bond acceptors (Lipinski definition) is 2. The number of anilines is 1. The standard InChI is InChI=1S/C12H10Cl3N3O/c1-6-3-9(14)16-11(15)10(6)17-12(19)8-4-7(13)5-18(8)2/h3-5H,1-2H3,(H,17,19). The fourth-order valence-corrected chi connectivity index (χ4v) is 2.50. The molecule has 0 unspecified atom stereocenters. The maximum absolute atomic E-state index is 12.1. The number of pyridine rings is 1.